The molecular weight excluding hydrogens is 399 g/mol. The fraction of sp³-hybridized carbons (Fsp3) is 0.250. The van der Waals surface area contributed by atoms with E-state index in [4.69, 9.17) is 11.6 Å². The highest BCUT2D eigenvalue weighted by atomic mass is 35.5. The summed E-state index contributed by atoms with van der Waals surface area (Å²) in [4.78, 5) is 20.4. The van der Waals surface area contributed by atoms with Crippen molar-refractivity contribution in [1.82, 2.24) is 14.3 Å². The molecule has 0 saturated carbocycles. The molecule has 0 N–H and O–H groups in total. The van der Waals surface area contributed by atoms with Gasteiger partial charge < -0.3 is 9.80 Å². The first kappa shape index (κ1) is 18.8. The van der Waals surface area contributed by atoms with Crippen LogP contribution in [0.25, 0.3) is 22.3 Å². The molecule has 3 heterocycles. The summed E-state index contributed by atoms with van der Waals surface area (Å²) in [5.41, 5.74) is 1.28. The number of anilines is 1. The molecule has 1 aliphatic rings. The molecule has 1 fully saturated rings. The lowest BCUT2D eigenvalue weighted by Gasteiger charge is -2.40. The van der Waals surface area contributed by atoms with Crippen LogP contribution in [0.1, 0.15) is 6.92 Å². The van der Waals surface area contributed by atoms with Crippen molar-refractivity contribution in [1.29, 1.82) is 0 Å². The third-order valence-electron chi connectivity index (χ3n) is 4.91. The van der Waals surface area contributed by atoms with Crippen LogP contribution in [0.5, 0.6) is 0 Å². The lowest BCUT2D eigenvalue weighted by atomic mass is 10.1. The molecule has 0 aliphatic carbocycles. The first-order chi connectivity index (χ1) is 13.5. The van der Waals surface area contributed by atoms with Crippen molar-refractivity contribution < 1.29 is 9.18 Å². The molecule has 1 aliphatic heterocycles. The topological polar surface area (TPSA) is 49.3 Å². The Morgan fingerprint density at radius 1 is 1.39 bits per heavy atom. The number of piperazine rings is 1. The van der Waals surface area contributed by atoms with Crippen molar-refractivity contribution in [3.63, 3.8) is 0 Å². The quantitative estimate of drug-likeness (QED) is 0.595. The summed E-state index contributed by atoms with van der Waals surface area (Å²) in [5.74, 6) is -0.428. The highest BCUT2D eigenvalue weighted by molar-refractivity contribution is 7.11. The second-order valence-electron chi connectivity index (χ2n) is 6.69. The highest BCUT2D eigenvalue weighted by Crippen LogP contribution is 2.38. The number of rotatable bonds is 3. The molecule has 0 bridgehead atoms. The van der Waals surface area contributed by atoms with E-state index in [1.54, 1.807) is 29.2 Å². The summed E-state index contributed by atoms with van der Waals surface area (Å²) in [6.45, 7) is 7.53. The Bertz CT molecular complexity index is 1070. The van der Waals surface area contributed by atoms with E-state index in [1.807, 2.05) is 0 Å². The number of carbonyl (C=O) groups excluding carboxylic acids is 1. The van der Waals surface area contributed by atoms with Gasteiger partial charge in [0.2, 0.25) is 5.91 Å². The fourth-order valence-electron chi connectivity index (χ4n) is 3.48. The molecule has 2 aromatic heterocycles. The maximum absolute atomic E-state index is 14.2. The minimum Gasteiger partial charge on any atom is -0.355 e. The Balaban J connectivity index is 1.69. The molecule has 1 saturated heterocycles. The smallest absolute Gasteiger partial charge is 0.246 e. The molecule has 3 aromatic rings. The second-order valence-corrected chi connectivity index (χ2v) is 7.85. The van der Waals surface area contributed by atoms with Gasteiger partial charge in [0, 0.05) is 31.2 Å². The number of benzene rings is 1. The lowest BCUT2D eigenvalue weighted by molar-refractivity contribution is -0.126. The van der Waals surface area contributed by atoms with Crippen molar-refractivity contribution in [2.45, 2.75) is 13.0 Å². The van der Waals surface area contributed by atoms with E-state index in [1.165, 1.54) is 23.7 Å². The molecule has 144 valence electrons. The molecule has 28 heavy (non-hydrogen) atoms. The van der Waals surface area contributed by atoms with E-state index in [2.05, 4.69) is 27.8 Å². The molecule has 0 unspecified atom stereocenters. The minimum absolute atomic E-state index is 0.0556. The number of aromatic nitrogens is 2. The maximum atomic E-state index is 14.2. The molecule has 0 radical (unpaired) electrons. The Morgan fingerprint density at radius 3 is 2.89 bits per heavy atom. The van der Waals surface area contributed by atoms with Gasteiger partial charge in [0.05, 0.1) is 16.1 Å². The molecule has 5 nitrogen and oxygen atoms in total. The Kier molecular flexibility index (Phi) is 5.03. The van der Waals surface area contributed by atoms with Crippen LogP contribution in [-0.2, 0) is 4.79 Å². The Morgan fingerprint density at radius 2 is 2.18 bits per heavy atom. The number of amides is 1. The molecule has 4 rings (SSSR count). The number of fused-ring (bicyclic) bond motifs is 1. The van der Waals surface area contributed by atoms with Gasteiger partial charge in [0.15, 0.2) is 5.65 Å². The van der Waals surface area contributed by atoms with Gasteiger partial charge in [0.1, 0.15) is 10.8 Å². The van der Waals surface area contributed by atoms with Crippen molar-refractivity contribution in [2.75, 3.05) is 24.5 Å². The van der Waals surface area contributed by atoms with Crippen LogP contribution in [0.4, 0.5) is 9.39 Å². The number of pyridine rings is 1. The summed E-state index contributed by atoms with van der Waals surface area (Å²) in [5, 5.41) is 2.18. The standard InChI is InChI=1S/C20H18ClFN4OS/c1-3-17(27)25-8-9-26(12(2)11-25)20-14-10-15(21)18(23-19(14)24-28-20)13-6-4-5-7-16(13)22/h3-7,10,12H,1,8-9,11H2,2H3/t12-/m0/s1. The van der Waals surface area contributed by atoms with Crippen LogP contribution in [0.3, 0.4) is 0 Å². The van der Waals surface area contributed by atoms with E-state index >= 15 is 0 Å². The van der Waals surface area contributed by atoms with Gasteiger partial charge in [-0.05, 0) is 42.7 Å². The molecule has 1 atom stereocenters. The summed E-state index contributed by atoms with van der Waals surface area (Å²) >= 11 is 7.81. The Labute approximate surface area is 171 Å². The summed E-state index contributed by atoms with van der Waals surface area (Å²) in [6.07, 6.45) is 1.35. The monoisotopic (exact) mass is 416 g/mol. The van der Waals surface area contributed by atoms with Crippen molar-refractivity contribution in [3.05, 3.63) is 53.8 Å². The van der Waals surface area contributed by atoms with Crippen LogP contribution in [0.15, 0.2) is 43.0 Å². The molecular formula is C20H18ClFN4OS. The third-order valence-corrected chi connectivity index (χ3v) is 6.09. The summed E-state index contributed by atoms with van der Waals surface area (Å²) in [7, 11) is 0. The molecule has 1 amide bonds. The number of nitrogens with zero attached hydrogens (tertiary/aromatic N) is 4. The van der Waals surface area contributed by atoms with E-state index in [0.717, 1.165) is 10.4 Å². The van der Waals surface area contributed by atoms with Gasteiger partial charge in [-0.25, -0.2) is 9.37 Å². The molecule has 1 aromatic carbocycles. The second kappa shape index (κ2) is 7.48. The zero-order chi connectivity index (χ0) is 19.8. The van der Waals surface area contributed by atoms with Crippen LogP contribution in [0.2, 0.25) is 5.02 Å². The molecule has 0 spiro atoms. The van der Waals surface area contributed by atoms with Crippen LogP contribution in [-0.4, -0.2) is 45.8 Å². The van der Waals surface area contributed by atoms with Gasteiger partial charge >= 0.3 is 0 Å². The van der Waals surface area contributed by atoms with Gasteiger partial charge in [-0.1, -0.05) is 30.3 Å². The van der Waals surface area contributed by atoms with Gasteiger partial charge in [-0.2, -0.15) is 4.37 Å². The van der Waals surface area contributed by atoms with Gasteiger partial charge in [-0.15, -0.1) is 0 Å². The zero-order valence-electron chi connectivity index (χ0n) is 15.2. The predicted molar refractivity (Wildman–Crippen MR) is 111 cm³/mol. The van der Waals surface area contributed by atoms with E-state index in [0.29, 0.717) is 41.6 Å². The number of carbonyl (C=O) groups is 1. The van der Waals surface area contributed by atoms with E-state index < -0.39 is 0 Å². The minimum atomic E-state index is -0.372. The predicted octanol–water partition coefficient (Wildman–Crippen LogP) is 4.37. The highest BCUT2D eigenvalue weighted by Gasteiger charge is 2.28. The number of halogens is 2. The third kappa shape index (κ3) is 3.25. The zero-order valence-corrected chi connectivity index (χ0v) is 16.8. The SMILES string of the molecule is C=CC(=O)N1CCN(c2snc3nc(-c4ccccc4F)c(Cl)cc23)[C@@H](C)C1. The first-order valence-electron chi connectivity index (χ1n) is 8.88. The first-order valence-corrected chi connectivity index (χ1v) is 10.0. The Hall–Kier alpha value is -2.51. The van der Waals surface area contributed by atoms with E-state index in [9.17, 15) is 9.18 Å². The van der Waals surface area contributed by atoms with Crippen LogP contribution in [0, 0.1) is 5.82 Å². The van der Waals surface area contributed by atoms with Crippen molar-refractivity contribution in [2.24, 2.45) is 0 Å². The number of hydrogen-bond donors (Lipinski definition) is 0. The van der Waals surface area contributed by atoms with Crippen molar-refractivity contribution >= 4 is 45.1 Å². The van der Waals surface area contributed by atoms with Crippen LogP contribution >= 0.6 is 23.1 Å². The molecule has 8 heteroatoms. The fourth-order valence-corrected chi connectivity index (χ4v) is 4.67. The summed E-state index contributed by atoms with van der Waals surface area (Å²) in [6, 6.07) is 8.34. The van der Waals surface area contributed by atoms with Gasteiger partial charge in [0.25, 0.3) is 0 Å². The van der Waals surface area contributed by atoms with E-state index in [-0.39, 0.29) is 17.8 Å². The number of hydrogen-bond acceptors (Lipinski definition) is 5. The summed E-state index contributed by atoms with van der Waals surface area (Å²) < 4.78 is 18.6. The van der Waals surface area contributed by atoms with Crippen LogP contribution < -0.4 is 4.90 Å². The average Bonchev–Trinajstić information content (AvgIpc) is 3.09. The lowest BCUT2D eigenvalue weighted by Crippen LogP contribution is -2.53. The average molecular weight is 417 g/mol. The van der Waals surface area contributed by atoms with Crippen molar-refractivity contribution in [3.8, 4) is 11.3 Å². The normalized spacial score (nSPS) is 17.2. The van der Waals surface area contributed by atoms with Gasteiger partial charge in [-0.3, -0.25) is 4.79 Å². The maximum Gasteiger partial charge on any atom is 0.246 e. The largest absolute Gasteiger partial charge is 0.355 e.